The molecule has 2 rings (SSSR count). The zero-order valence-electron chi connectivity index (χ0n) is 11.4. The molecule has 2 N–H and O–H groups in total. The Bertz CT molecular complexity index is 417. The van der Waals surface area contributed by atoms with Gasteiger partial charge in [0.05, 0.1) is 12.7 Å². The topological polar surface area (TPSA) is 41.5 Å². The van der Waals surface area contributed by atoms with Crippen LogP contribution < -0.4 is 10.1 Å². The van der Waals surface area contributed by atoms with Gasteiger partial charge in [-0.05, 0) is 31.0 Å². The average molecular weight is 284 g/mol. The van der Waals surface area contributed by atoms with Crippen molar-refractivity contribution in [1.29, 1.82) is 0 Å². The van der Waals surface area contributed by atoms with Crippen molar-refractivity contribution >= 4 is 11.6 Å². The largest absolute Gasteiger partial charge is 0.496 e. The summed E-state index contributed by atoms with van der Waals surface area (Å²) in [5.74, 6) is 0.826. The van der Waals surface area contributed by atoms with Crippen LogP contribution in [0.3, 0.4) is 0 Å². The lowest BCUT2D eigenvalue weighted by Gasteiger charge is -2.32. The number of benzene rings is 1. The summed E-state index contributed by atoms with van der Waals surface area (Å²) in [4.78, 5) is 0. The van der Waals surface area contributed by atoms with Crippen molar-refractivity contribution in [2.75, 3.05) is 13.7 Å². The number of hydrogen-bond donors (Lipinski definition) is 2. The highest BCUT2D eigenvalue weighted by Crippen LogP contribution is 2.28. The summed E-state index contributed by atoms with van der Waals surface area (Å²) in [6, 6.07) is 5.59. The normalized spacial score (nSPS) is 18.3. The van der Waals surface area contributed by atoms with Gasteiger partial charge in [-0.2, -0.15) is 0 Å². The minimum Gasteiger partial charge on any atom is -0.496 e. The first-order valence-electron chi connectivity index (χ1n) is 6.88. The van der Waals surface area contributed by atoms with Gasteiger partial charge in [-0.1, -0.05) is 30.9 Å². The molecule has 19 heavy (non-hydrogen) atoms. The molecule has 0 spiro atoms. The minimum atomic E-state index is -0.538. The van der Waals surface area contributed by atoms with Crippen LogP contribution in [0.5, 0.6) is 5.75 Å². The maximum absolute atomic E-state index is 10.4. The second kappa shape index (κ2) is 6.60. The van der Waals surface area contributed by atoms with E-state index in [2.05, 4.69) is 5.32 Å². The van der Waals surface area contributed by atoms with Crippen LogP contribution in [0.15, 0.2) is 18.2 Å². The molecule has 1 aliphatic rings. The van der Waals surface area contributed by atoms with E-state index in [0.29, 0.717) is 18.1 Å². The van der Waals surface area contributed by atoms with Crippen LogP contribution in [0, 0.1) is 0 Å². The van der Waals surface area contributed by atoms with Crippen LogP contribution in [0.2, 0.25) is 5.02 Å². The summed E-state index contributed by atoms with van der Waals surface area (Å²) < 4.78 is 5.31. The van der Waals surface area contributed by atoms with Gasteiger partial charge in [0.15, 0.2) is 0 Å². The molecule has 4 heteroatoms. The van der Waals surface area contributed by atoms with Crippen LogP contribution in [-0.2, 0) is 6.54 Å². The lowest BCUT2D eigenvalue weighted by atomic mass is 9.85. The maximum atomic E-state index is 10.4. The fraction of sp³-hybridized carbons (Fsp3) is 0.600. The Kier molecular flexibility index (Phi) is 5.08. The second-order valence-electron chi connectivity index (χ2n) is 5.34. The number of nitrogens with one attached hydrogen (secondary N) is 1. The molecule has 1 saturated carbocycles. The zero-order chi connectivity index (χ0) is 13.7. The Morgan fingerprint density at radius 2 is 2.05 bits per heavy atom. The van der Waals surface area contributed by atoms with Crippen molar-refractivity contribution in [3.63, 3.8) is 0 Å². The molecule has 3 nitrogen and oxygen atoms in total. The summed E-state index contributed by atoms with van der Waals surface area (Å²) in [5.41, 5.74) is 0.485. The van der Waals surface area contributed by atoms with Crippen molar-refractivity contribution in [2.24, 2.45) is 0 Å². The van der Waals surface area contributed by atoms with E-state index in [-0.39, 0.29) is 0 Å². The van der Waals surface area contributed by atoms with Crippen molar-refractivity contribution in [1.82, 2.24) is 5.32 Å². The first-order chi connectivity index (χ1) is 9.13. The van der Waals surface area contributed by atoms with E-state index in [1.165, 1.54) is 6.42 Å². The first-order valence-corrected chi connectivity index (χ1v) is 7.26. The molecule has 1 aromatic carbocycles. The van der Waals surface area contributed by atoms with E-state index >= 15 is 0 Å². The summed E-state index contributed by atoms with van der Waals surface area (Å²) in [7, 11) is 1.65. The van der Waals surface area contributed by atoms with Crippen LogP contribution in [0.1, 0.15) is 37.7 Å². The van der Waals surface area contributed by atoms with Crippen LogP contribution in [0.4, 0.5) is 0 Å². The van der Waals surface area contributed by atoms with Crippen molar-refractivity contribution < 1.29 is 9.84 Å². The summed E-state index contributed by atoms with van der Waals surface area (Å²) in [6.45, 7) is 1.29. The number of methoxy groups -OCH3 is 1. The third-order valence-electron chi connectivity index (χ3n) is 3.80. The van der Waals surface area contributed by atoms with E-state index in [1.807, 2.05) is 18.2 Å². The molecule has 0 heterocycles. The summed E-state index contributed by atoms with van der Waals surface area (Å²) >= 11 is 6.00. The molecular formula is C15H22ClNO2. The summed E-state index contributed by atoms with van der Waals surface area (Å²) in [6.07, 6.45) is 5.28. The van der Waals surface area contributed by atoms with E-state index in [1.54, 1.807) is 7.11 Å². The molecule has 0 saturated heterocycles. The molecule has 0 aromatic heterocycles. The SMILES string of the molecule is COc1ccc(Cl)cc1CNCC1(O)CCCCC1. The first kappa shape index (κ1) is 14.6. The number of ether oxygens (including phenoxy) is 1. The highest BCUT2D eigenvalue weighted by Gasteiger charge is 2.28. The Hall–Kier alpha value is -0.770. The fourth-order valence-electron chi connectivity index (χ4n) is 2.70. The van der Waals surface area contributed by atoms with E-state index in [4.69, 9.17) is 16.3 Å². The molecular weight excluding hydrogens is 262 g/mol. The standard InChI is InChI=1S/C15H22ClNO2/c1-19-14-6-5-13(16)9-12(14)10-17-11-15(18)7-3-2-4-8-15/h5-6,9,17-18H,2-4,7-8,10-11H2,1H3. The number of halogens is 1. The molecule has 0 unspecified atom stereocenters. The second-order valence-corrected chi connectivity index (χ2v) is 5.78. The average Bonchev–Trinajstić information content (AvgIpc) is 2.40. The molecule has 0 radical (unpaired) electrons. The van der Waals surface area contributed by atoms with Gasteiger partial charge in [0.25, 0.3) is 0 Å². The molecule has 1 fully saturated rings. The molecule has 0 bridgehead atoms. The van der Waals surface area contributed by atoms with E-state index in [0.717, 1.165) is 37.0 Å². The minimum absolute atomic E-state index is 0.538. The van der Waals surface area contributed by atoms with Gasteiger partial charge in [-0.25, -0.2) is 0 Å². The molecule has 0 atom stereocenters. The van der Waals surface area contributed by atoms with Gasteiger partial charge < -0.3 is 15.2 Å². The zero-order valence-corrected chi connectivity index (χ0v) is 12.2. The van der Waals surface area contributed by atoms with Crippen molar-refractivity contribution in [2.45, 2.75) is 44.2 Å². The van der Waals surface area contributed by atoms with Gasteiger partial charge in [-0.15, -0.1) is 0 Å². The van der Waals surface area contributed by atoms with Gasteiger partial charge in [0, 0.05) is 23.7 Å². The van der Waals surface area contributed by atoms with Gasteiger partial charge in [-0.3, -0.25) is 0 Å². The monoisotopic (exact) mass is 283 g/mol. The molecule has 0 aliphatic heterocycles. The lowest BCUT2D eigenvalue weighted by Crippen LogP contribution is -2.41. The number of hydrogen-bond acceptors (Lipinski definition) is 3. The van der Waals surface area contributed by atoms with Gasteiger partial charge >= 0.3 is 0 Å². The Morgan fingerprint density at radius 1 is 1.32 bits per heavy atom. The Labute approximate surface area is 119 Å². The quantitative estimate of drug-likeness (QED) is 0.872. The van der Waals surface area contributed by atoms with E-state index < -0.39 is 5.60 Å². The third kappa shape index (κ3) is 4.10. The smallest absolute Gasteiger partial charge is 0.123 e. The molecule has 1 aromatic rings. The van der Waals surface area contributed by atoms with Gasteiger partial charge in [0.1, 0.15) is 5.75 Å². The fourth-order valence-corrected chi connectivity index (χ4v) is 2.90. The highest BCUT2D eigenvalue weighted by molar-refractivity contribution is 6.30. The van der Waals surface area contributed by atoms with E-state index in [9.17, 15) is 5.11 Å². The number of rotatable bonds is 5. The number of aliphatic hydroxyl groups is 1. The predicted molar refractivity (Wildman–Crippen MR) is 77.7 cm³/mol. The molecule has 0 amide bonds. The highest BCUT2D eigenvalue weighted by atomic mass is 35.5. The van der Waals surface area contributed by atoms with Crippen LogP contribution in [-0.4, -0.2) is 24.4 Å². The van der Waals surface area contributed by atoms with Crippen molar-refractivity contribution in [3.8, 4) is 5.75 Å². The third-order valence-corrected chi connectivity index (χ3v) is 4.03. The predicted octanol–water partition coefficient (Wildman–Crippen LogP) is 3.13. The van der Waals surface area contributed by atoms with Crippen LogP contribution >= 0.6 is 11.6 Å². The Balaban J connectivity index is 1.90. The van der Waals surface area contributed by atoms with Gasteiger partial charge in [0.2, 0.25) is 0 Å². The summed E-state index contributed by atoms with van der Waals surface area (Å²) in [5, 5.41) is 14.4. The van der Waals surface area contributed by atoms with Crippen molar-refractivity contribution in [3.05, 3.63) is 28.8 Å². The maximum Gasteiger partial charge on any atom is 0.123 e. The molecule has 106 valence electrons. The van der Waals surface area contributed by atoms with Crippen LogP contribution in [0.25, 0.3) is 0 Å². The molecule has 1 aliphatic carbocycles. The lowest BCUT2D eigenvalue weighted by molar-refractivity contribution is 0.00464. The Morgan fingerprint density at radius 3 is 2.74 bits per heavy atom.